The van der Waals surface area contributed by atoms with E-state index in [2.05, 4.69) is 13.8 Å². The standard InChI is InChI=1S/C6H14ClPS2/c1-3-5-9-8(7)10-6-4-2/h3-6H2,1-2H3. The Hall–Kier alpha value is 1.42. The second-order valence-corrected chi connectivity index (χ2v) is 10.3. The summed E-state index contributed by atoms with van der Waals surface area (Å²) in [6.07, 6.45) is 2.48. The molecule has 0 fully saturated rings. The molecule has 0 aliphatic rings. The van der Waals surface area contributed by atoms with Crippen LogP contribution in [0.25, 0.3) is 0 Å². The Labute approximate surface area is 77.9 Å². The maximum Gasteiger partial charge on any atom is 0.109 e. The maximum atomic E-state index is 6.03. The molecule has 0 amide bonds. The first-order valence-electron chi connectivity index (χ1n) is 3.53. The van der Waals surface area contributed by atoms with Gasteiger partial charge in [0.2, 0.25) is 0 Å². The summed E-state index contributed by atoms with van der Waals surface area (Å²) in [7, 11) is 0. The Morgan fingerprint density at radius 2 is 1.50 bits per heavy atom. The van der Waals surface area contributed by atoms with E-state index in [1.54, 1.807) is 0 Å². The van der Waals surface area contributed by atoms with E-state index in [0.29, 0.717) is 0 Å². The molecule has 0 spiro atoms. The van der Waals surface area contributed by atoms with Crippen molar-refractivity contribution in [3.8, 4) is 0 Å². The topological polar surface area (TPSA) is 0 Å². The maximum absolute atomic E-state index is 6.03. The Morgan fingerprint density at radius 1 is 1.10 bits per heavy atom. The highest BCUT2D eigenvalue weighted by molar-refractivity contribution is 8.94. The van der Waals surface area contributed by atoms with Crippen LogP contribution in [0, 0.1) is 0 Å². The fourth-order valence-corrected chi connectivity index (χ4v) is 6.53. The summed E-state index contributed by atoms with van der Waals surface area (Å²) in [6.45, 7) is 4.38. The summed E-state index contributed by atoms with van der Waals surface area (Å²) in [4.78, 5) is 0. The van der Waals surface area contributed by atoms with Gasteiger partial charge in [0.05, 0.1) is 0 Å². The summed E-state index contributed by atoms with van der Waals surface area (Å²) < 4.78 is 0. The SMILES string of the molecule is CCCSP(Cl)SCCC. The van der Waals surface area contributed by atoms with Crippen molar-refractivity contribution in [1.29, 1.82) is 0 Å². The van der Waals surface area contributed by atoms with E-state index in [1.807, 2.05) is 22.8 Å². The van der Waals surface area contributed by atoms with Crippen LogP contribution in [0.1, 0.15) is 26.7 Å². The van der Waals surface area contributed by atoms with Crippen LogP contribution < -0.4 is 0 Å². The van der Waals surface area contributed by atoms with Gasteiger partial charge in [0.15, 0.2) is 0 Å². The Kier molecular flexibility index (Phi) is 9.73. The Morgan fingerprint density at radius 3 is 1.80 bits per heavy atom. The highest BCUT2D eigenvalue weighted by Gasteiger charge is 2.02. The predicted molar refractivity (Wildman–Crippen MR) is 58.3 cm³/mol. The van der Waals surface area contributed by atoms with Gasteiger partial charge < -0.3 is 0 Å². The van der Waals surface area contributed by atoms with Crippen molar-refractivity contribution in [3.63, 3.8) is 0 Å². The number of hydrogen-bond donors (Lipinski definition) is 0. The molecule has 0 atom stereocenters. The molecule has 0 aliphatic carbocycles. The first-order chi connectivity index (χ1) is 4.81. The first-order valence-corrected chi connectivity index (χ1v) is 8.95. The minimum Gasteiger partial charge on any atom is -0.107 e. The van der Waals surface area contributed by atoms with E-state index in [0.717, 1.165) is 0 Å². The summed E-state index contributed by atoms with van der Waals surface area (Å²) in [5.41, 5.74) is -0.287. The average Bonchev–Trinajstić information content (AvgIpc) is 1.97. The molecule has 0 heterocycles. The molecule has 0 nitrogen and oxygen atoms in total. The lowest BCUT2D eigenvalue weighted by molar-refractivity contribution is 1.11. The average molecular weight is 217 g/mol. The van der Waals surface area contributed by atoms with Crippen LogP contribution in [0.2, 0.25) is 0 Å². The van der Waals surface area contributed by atoms with Gasteiger partial charge in [-0.05, 0) is 24.3 Å². The second kappa shape index (κ2) is 8.52. The molecule has 0 saturated carbocycles. The molecule has 4 heteroatoms. The van der Waals surface area contributed by atoms with Crippen molar-refractivity contribution in [2.75, 3.05) is 11.5 Å². The fourth-order valence-electron chi connectivity index (χ4n) is 0.363. The van der Waals surface area contributed by atoms with Gasteiger partial charge in [0, 0.05) is 0 Å². The molecule has 0 aliphatic heterocycles. The highest BCUT2D eigenvalue weighted by atomic mass is 35.7. The molecular weight excluding hydrogens is 203 g/mol. The van der Waals surface area contributed by atoms with Crippen LogP contribution >= 0.6 is 39.7 Å². The van der Waals surface area contributed by atoms with E-state index in [9.17, 15) is 0 Å². The van der Waals surface area contributed by atoms with Gasteiger partial charge >= 0.3 is 0 Å². The Bertz CT molecular complexity index is 64.8. The number of rotatable bonds is 6. The van der Waals surface area contributed by atoms with Crippen molar-refractivity contribution in [2.45, 2.75) is 26.7 Å². The van der Waals surface area contributed by atoms with Crippen molar-refractivity contribution in [2.24, 2.45) is 0 Å². The molecule has 0 aromatic rings. The fraction of sp³-hybridized carbons (Fsp3) is 1.00. The van der Waals surface area contributed by atoms with Gasteiger partial charge in [0.25, 0.3) is 0 Å². The zero-order valence-electron chi connectivity index (χ0n) is 6.47. The molecule has 0 radical (unpaired) electrons. The number of hydrogen-bond acceptors (Lipinski definition) is 2. The monoisotopic (exact) mass is 216 g/mol. The molecule has 0 aromatic carbocycles. The quantitative estimate of drug-likeness (QED) is 0.589. The van der Waals surface area contributed by atoms with Gasteiger partial charge in [-0.1, -0.05) is 25.1 Å². The summed E-state index contributed by atoms with van der Waals surface area (Å²) >= 11 is 9.85. The molecule has 0 unspecified atom stereocenters. The molecule has 0 bridgehead atoms. The first kappa shape index (κ1) is 11.4. The smallest absolute Gasteiger partial charge is 0.107 e. The minimum atomic E-state index is -0.287. The zero-order valence-corrected chi connectivity index (χ0v) is 9.75. The third-order valence-electron chi connectivity index (χ3n) is 0.794. The normalized spacial score (nSPS) is 10.8. The number of halogens is 1. The van der Waals surface area contributed by atoms with E-state index in [-0.39, 0.29) is 5.68 Å². The third-order valence-corrected chi connectivity index (χ3v) is 8.35. The summed E-state index contributed by atoms with van der Waals surface area (Å²) in [6, 6.07) is 0. The summed E-state index contributed by atoms with van der Waals surface area (Å²) in [5, 5.41) is 0. The van der Waals surface area contributed by atoms with Crippen LogP contribution in [0.3, 0.4) is 0 Å². The summed E-state index contributed by atoms with van der Waals surface area (Å²) in [5.74, 6) is 2.43. The van der Waals surface area contributed by atoms with Crippen molar-refractivity contribution < 1.29 is 0 Å². The largest absolute Gasteiger partial charge is 0.109 e. The van der Waals surface area contributed by atoms with Crippen LogP contribution in [-0.2, 0) is 0 Å². The lowest BCUT2D eigenvalue weighted by Gasteiger charge is -2.05. The van der Waals surface area contributed by atoms with Crippen molar-refractivity contribution in [3.05, 3.63) is 0 Å². The van der Waals surface area contributed by atoms with Crippen LogP contribution in [0.4, 0.5) is 0 Å². The van der Waals surface area contributed by atoms with E-state index in [1.165, 1.54) is 24.3 Å². The second-order valence-electron chi connectivity index (χ2n) is 1.88. The van der Waals surface area contributed by atoms with Gasteiger partial charge in [-0.3, -0.25) is 0 Å². The molecule has 62 valence electrons. The van der Waals surface area contributed by atoms with Gasteiger partial charge in [-0.25, -0.2) is 0 Å². The molecule has 0 N–H and O–H groups in total. The van der Waals surface area contributed by atoms with Crippen LogP contribution in [0.15, 0.2) is 0 Å². The molecule has 0 aromatic heterocycles. The van der Waals surface area contributed by atoms with Crippen LogP contribution in [0.5, 0.6) is 0 Å². The Balaban J connectivity index is 3.00. The molecule has 10 heavy (non-hydrogen) atoms. The minimum absolute atomic E-state index is 0.287. The van der Waals surface area contributed by atoms with E-state index in [4.69, 9.17) is 11.2 Å². The highest BCUT2D eigenvalue weighted by Crippen LogP contribution is 2.65. The zero-order chi connectivity index (χ0) is 7.82. The van der Waals surface area contributed by atoms with Crippen molar-refractivity contribution >= 4 is 39.7 Å². The van der Waals surface area contributed by atoms with E-state index < -0.39 is 0 Å². The third kappa shape index (κ3) is 7.53. The van der Waals surface area contributed by atoms with Gasteiger partial charge in [-0.2, -0.15) is 0 Å². The lowest BCUT2D eigenvalue weighted by Crippen LogP contribution is -1.69. The molecule has 0 saturated heterocycles. The predicted octanol–water partition coefficient (Wildman–Crippen LogP) is 4.74. The van der Waals surface area contributed by atoms with Crippen LogP contribution in [-0.4, -0.2) is 11.5 Å². The lowest BCUT2D eigenvalue weighted by atomic mass is 10.6. The van der Waals surface area contributed by atoms with Gasteiger partial charge in [0.1, 0.15) is 5.68 Å². The molecular formula is C6H14ClPS2. The van der Waals surface area contributed by atoms with Gasteiger partial charge in [-0.15, -0.1) is 22.8 Å². The van der Waals surface area contributed by atoms with E-state index >= 15 is 0 Å². The van der Waals surface area contributed by atoms with Crippen molar-refractivity contribution in [1.82, 2.24) is 0 Å². The molecule has 0 rings (SSSR count).